The number of rotatable bonds is 3. The summed E-state index contributed by atoms with van der Waals surface area (Å²) in [5.41, 5.74) is 0.693. The fraction of sp³-hybridized carbons (Fsp3) is 0.300. The van der Waals surface area contributed by atoms with Gasteiger partial charge >= 0.3 is 0 Å². The first-order chi connectivity index (χ1) is 7.31. The molecule has 1 N–H and O–H groups in total. The van der Waals surface area contributed by atoms with Gasteiger partial charge < -0.3 is 9.55 Å². The predicted molar refractivity (Wildman–Crippen MR) is 56.4 cm³/mol. The van der Waals surface area contributed by atoms with Gasteiger partial charge in [-0.2, -0.15) is 0 Å². The van der Waals surface area contributed by atoms with Crippen LogP contribution in [0.25, 0.3) is 11.5 Å². The molecule has 0 unspecified atom stereocenters. The van der Waals surface area contributed by atoms with E-state index in [0.29, 0.717) is 5.82 Å². The van der Waals surface area contributed by atoms with Gasteiger partial charge in [-0.15, -0.1) is 0 Å². The fourth-order valence-electron chi connectivity index (χ4n) is 1.44. The molecular formula is C10H12N4O. The first-order valence-electron chi connectivity index (χ1n) is 4.87. The number of H-pyrrole nitrogens is 1. The molecule has 0 fully saturated rings. The average Bonchev–Trinajstić information content (AvgIpc) is 2.66. The highest BCUT2D eigenvalue weighted by Gasteiger charge is 2.05. The fourth-order valence-corrected chi connectivity index (χ4v) is 1.44. The lowest BCUT2D eigenvalue weighted by molar-refractivity contribution is 0.681. The van der Waals surface area contributed by atoms with E-state index in [2.05, 4.69) is 21.9 Å². The van der Waals surface area contributed by atoms with Crippen molar-refractivity contribution in [3.63, 3.8) is 0 Å². The Morgan fingerprint density at radius 2 is 2.40 bits per heavy atom. The minimum absolute atomic E-state index is 0.149. The minimum Gasteiger partial charge on any atom is -0.328 e. The van der Waals surface area contributed by atoms with Crippen molar-refractivity contribution in [3.05, 3.63) is 35.1 Å². The van der Waals surface area contributed by atoms with Crippen molar-refractivity contribution >= 4 is 0 Å². The van der Waals surface area contributed by atoms with E-state index >= 15 is 0 Å². The zero-order chi connectivity index (χ0) is 10.7. The molecule has 78 valence electrons. The number of aryl methyl sites for hydroxylation is 1. The van der Waals surface area contributed by atoms with Crippen LogP contribution in [0.3, 0.4) is 0 Å². The van der Waals surface area contributed by atoms with Crippen LogP contribution in [0.15, 0.2) is 29.6 Å². The molecule has 5 heteroatoms. The number of aromatic nitrogens is 4. The third kappa shape index (κ3) is 1.96. The van der Waals surface area contributed by atoms with Crippen LogP contribution in [0.5, 0.6) is 0 Å². The largest absolute Gasteiger partial charge is 0.328 e. The van der Waals surface area contributed by atoms with Crippen molar-refractivity contribution in [1.82, 2.24) is 19.5 Å². The quantitative estimate of drug-likeness (QED) is 0.812. The molecule has 0 saturated heterocycles. The zero-order valence-corrected chi connectivity index (χ0v) is 8.47. The summed E-state index contributed by atoms with van der Waals surface area (Å²) in [4.78, 5) is 22.0. The summed E-state index contributed by atoms with van der Waals surface area (Å²) in [5.74, 6) is 0.563. The highest BCUT2D eigenvalue weighted by Crippen LogP contribution is 2.12. The Bertz CT molecular complexity index is 500. The van der Waals surface area contributed by atoms with Crippen molar-refractivity contribution in [2.45, 2.75) is 19.9 Å². The van der Waals surface area contributed by atoms with Gasteiger partial charge in [-0.25, -0.2) is 9.97 Å². The van der Waals surface area contributed by atoms with Crippen LogP contribution in [0.1, 0.15) is 13.3 Å². The van der Waals surface area contributed by atoms with Gasteiger partial charge in [0.05, 0.1) is 12.5 Å². The maximum atomic E-state index is 11.1. The summed E-state index contributed by atoms with van der Waals surface area (Å²) in [6, 6.07) is 1.39. The molecule has 2 aromatic rings. The third-order valence-electron chi connectivity index (χ3n) is 2.09. The summed E-state index contributed by atoms with van der Waals surface area (Å²) in [7, 11) is 0. The lowest BCUT2D eigenvalue weighted by atomic mass is 10.4. The summed E-state index contributed by atoms with van der Waals surface area (Å²) in [5, 5.41) is 0. The van der Waals surface area contributed by atoms with E-state index in [4.69, 9.17) is 0 Å². The van der Waals surface area contributed by atoms with E-state index in [1.807, 2.05) is 4.57 Å². The maximum Gasteiger partial charge on any atom is 0.251 e. The number of nitrogens with zero attached hydrogens (tertiary/aromatic N) is 3. The summed E-state index contributed by atoms with van der Waals surface area (Å²) >= 11 is 0. The summed E-state index contributed by atoms with van der Waals surface area (Å²) in [6.45, 7) is 2.96. The molecule has 0 aliphatic rings. The van der Waals surface area contributed by atoms with Gasteiger partial charge in [-0.1, -0.05) is 6.92 Å². The first kappa shape index (κ1) is 9.64. The molecule has 5 nitrogen and oxygen atoms in total. The number of imidazole rings is 1. The van der Waals surface area contributed by atoms with Crippen LogP contribution in [0.2, 0.25) is 0 Å². The number of aromatic amines is 1. The molecule has 2 rings (SSSR count). The highest BCUT2D eigenvalue weighted by molar-refractivity contribution is 5.47. The Balaban J connectivity index is 2.44. The molecule has 0 amide bonds. The third-order valence-corrected chi connectivity index (χ3v) is 2.09. The van der Waals surface area contributed by atoms with Crippen molar-refractivity contribution in [2.75, 3.05) is 0 Å². The topological polar surface area (TPSA) is 63.6 Å². The Morgan fingerprint density at radius 3 is 3.13 bits per heavy atom. The van der Waals surface area contributed by atoms with E-state index in [0.717, 1.165) is 18.7 Å². The van der Waals surface area contributed by atoms with Crippen molar-refractivity contribution < 1.29 is 0 Å². The molecule has 0 spiro atoms. The smallest absolute Gasteiger partial charge is 0.251 e. The van der Waals surface area contributed by atoms with E-state index in [9.17, 15) is 4.79 Å². The van der Waals surface area contributed by atoms with E-state index in [1.165, 1.54) is 12.3 Å². The van der Waals surface area contributed by atoms with Crippen LogP contribution < -0.4 is 5.56 Å². The second-order valence-electron chi connectivity index (χ2n) is 3.25. The van der Waals surface area contributed by atoms with Gasteiger partial charge in [-0.05, 0) is 6.42 Å². The molecular weight excluding hydrogens is 192 g/mol. The van der Waals surface area contributed by atoms with Crippen molar-refractivity contribution in [2.24, 2.45) is 0 Å². The first-order valence-corrected chi connectivity index (χ1v) is 4.87. The average molecular weight is 204 g/mol. The van der Waals surface area contributed by atoms with Crippen molar-refractivity contribution in [1.29, 1.82) is 0 Å². The Kier molecular flexibility index (Phi) is 2.62. The SMILES string of the molecule is CCCn1cncc1-c1nccc(=O)[nH]1. The molecule has 0 atom stereocenters. The van der Waals surface area contributed by atoms with Gasteiger partial charge in [0.15, 0.2) is 5.82 Å². The molecule has 0 aliphatic heterocycles. The summed E-state index contributed by atoms with van der Waals surface area (Å²) < 4.78 is 1.97. The molecule has 15 heavy (non-hydrogen) atoms. The molecule has 0 aliphatic carbocycles. The Labute approximate surface area is 86.8 Å². The number of nitrogens with one attached hydrogen (secondary N) is 1. The molecule has 0 aromatic carbocycles. The van der Waals surface area contributed by atoms with Gasteiger partial charge in [-0.3, -0.25) is 4.79 Å². The molecule has 0 radical (unpaired) electrons. The second-order valence-corrected chi connectivity index (χ2v) is 3.25. The predicted octanol–water partition coefficient (Wildman–Crippen LogP) is 1.04. The molecule has 2 heterocycles. The van der Waals surface area contributed by atoms with Crippen LogP contribution in [-0.2, 0) is 6.54 Å². The van der Waals surface area contributed by atoms with E-state index < -0.39 is 0 Å². The molecule has 0 bridgehead atoms. The van der Waals surface area contributed by atoms with Crippen LogP contribution in [0.4, 0.5) is 0 Å². The molecule has 2 aromatic heterocycles. The van der Waals surface area contributed by atoms with Gasteiger partial charge in [0.25, 0.3) is 5.56 Å². The zero-order valence-electron chi connectivity index (χ0n) is 8.47. The van der Waals surface area contributed by atoms with E-state index in [1.54, 1.807) is 12.5 Å². The van der Waals surface area contributed by atoms with Crippen LogP contribution in [-0.4, -0.2) is 19.5 Å². The molecule has 0 saturated carbocycles. The standard InChI is InChI=1S/C10H12N4O/c1-2-5-14-7-11-6-8(14)10-12-4-3-9(15)13-10/h3-4,6-7H,2,5H2,1H3,(H,12,13,15). The van der Waals surface area contributed by atoms with Crippen molar-refractivity contribution in [3.8, 4) is 11.5 Å². The van der Waals surface area contributed by atoms with Crippen LogP contribution in [0, 0.1) is 0 Å². The minimum atomic E-state index is -0.149. The van der Waals surface area contributed by atoms with E-state index in [-0.39, 0.29) is 5.56 Å². The Hall–Kier alpha value is -1.91. The lowest BCUT2D eigenvalue weighted by Gasteiger charge is -2.04. The maximum absolute atomic E-state index is 11.1. The monoisotopic (exact) mass is 204 g/mol. The van der Waals surface area contributed by atoms with Gasteiger partial charge in [0.2, 0.25) is 0 Å². The van der Waals surface area contributed by atoms with Gasteiger partial charge in [0.1, 0.15) is 5.69 Å². The van der Waals surface area contributed by atoms with Crippen LogP contribution >= 0.6 is 0 Å². The number of hydrogen-bond acceptors (Lipinski definition) is 3. The number of hydrogen-bond donors (Lipinski definition) is 1. The normalized spacial score (nSPS) is 10.5. The second kappa shape index (κ2) is 4.08. The lowest BCUT2D eigenvalue weighted by Crippen LogP contribution is -2.08. The van der Waals surface area contributed by atoms with Gasteiger partial charge in [0, 0.05) is 18.8 Å². The highest BCUT2D eigenvalue weighted by atomic mass is 16.1. The summed E-state index contributed by atoms with van der Waals surface area (Å²) in [6.07, 6.45) is 5.96. The Morgan fingerprint density at radius 1 is 1.53 bits per heavy atom.